The van der Waals surface area contributed by atoms with E-state index in [0.717, 1.165) is 24.5 Å². The van der Waals surface area contributed by atoms with Gasteiger partial charge in [0, 0.05) is 44.2 Å². The molecule has 3 heterocycles. The number of imide groups is 2. The molecular weight excluding hydrogens is 617 g/mol. The van der Waals surface area contributed by atoms with E-state index in [4.69, 9.17) is 27.9 Å². The Morgan fingerprint density at radius 3 is 2.33 bits per heavy atom. The predicted octanol–water partition coefficient (Wildman–Crippen LogP) is 4.05. The second-order valence-corrected chi connectivity index (χ2v) is 14.2. The van der Waals surface area contributed by atoms with Crippen LogP contribution in [0.4, 0.5) is 0 Å². The molecule has 9 nitrogen and oxygen atoms in total. The van der Waals surface area contributed by atoms with E-state index in [1.54, 1.807) is 12.1 Å². The van der Waals surface area contributed by atoms with Gasteiger partial charge in [0.15, 0.2) is 9.75 Å². The predicted molar refractivity (Wildman–Crippen MR) is 167 cm³/mol. The highest BCUT2D eigenvalue weighted by atomic mass is 35.5. The average Bonchev–Trinajstić information content (AvgIpc) is 3.37. The first-order valence-electron chi connectivity index (χ1n) is 15.4. The normalized spacial score (nSPS) is 33.6. The monoisotopic (exact) mass is 651 g/mol. The van der Waals surface area contributed by atoms with Gasteiger partial charge in [-0.25, -0.2) is 0 Å². The Hall–Kier alpha value is -3.40. The zero-order valence-electron chi connectivity index (χ0n) is 25.1. The lowest BCUT2D eigenvalue weighted by molar-refractivity contribution is -0.144. The quantitative estimate of drug-likeness (QED) is 0.295. The molecule has 0 radical (unpaired) electrons. The summed E-state index contributed by atoms with van der Waals surface area (Å²) in [6, 6.07) is 14.7. The molecule has 6 atom stereocenters. The van der Waals surface area contributed by atoms with Crippen LogP contribution >= 0.6 is 23.2 Å². The van der Waals surface area contributed by atoms with Crippen molar-refractivity contribution >= 4 is 46.8 Å². The maximum absolute atomic E-state index is 14.3. The number of piperidine rings is 1. The third kappa shape index (κ3) is 4.23. The van der Waals surface area contributed by atoms with Gasteiger partial charge >= 0.3 is 0 Å². The number of aromatic hydroxyl groups is 1. The van der Waals surface area contributed by atoms with Crippen molar-refractivity contribution in [1.82, 2.24) is 14.7 Å². The Morgan fingerprint density at radius 1 is 0.933 bits per heavy atom. The molecule has 2 aliphatic carbocycles. The summed E-state index contributed by atoms with van der Waals surface area (Å²) in [4.78, 5) is 56.6. The Bertz CT molecular complexity index is 1620. The summed E-state index contributed by atoms with van der Waals surface area (Å²) >= 11 is 14.5. The fraction of sp³-hybridized carbons (Fsp3) is 0.471. The van der Waals surface area contributed by atoms with Crippen molar-refractivity contribution in [2.75, 3.05) is 27.2 Å². The van der Waals surface area contributed by atoms with Crippen LogP contribution in [0, 0.1) is 17.8 Å². The van der Waals surface area contributed by atoms with Crippen LogP contribution in [0.25, 0.3) is 0 Å². The minimum absolute atomic E-state index is 0.0885. The lowest BCUT2D eigenvalue weighted by Crippen LogP contribution is -2.60. The number of ether oxygens (including phenoxy) is 1. The van der Waals surface area contributed by atoms with Gasteiger partial charge in [-0.05, 0) is 49.3 Å². The van der Waals surface area contributed by atoms with Gasteiger partial charge in [0.2, 0.25) is 11.8 Å². The fourth-order valence-electron chi connectivity index (χ4n) is 8.62. The Balaban J connectivity index is 1.23. The lowest BCUT2D eigenvalue weighted by Gasteiger charge is -2.51. The number of carbonyl (C=O) groups is 4. The summed E-state index contributed by atoms with van der Waals surface area (Å²) in [5.74, 6) is -4.79. The number of fused-ring (bicyclic) bond motifs is 4. The maximum Gasteiger partial charge on any atom is 0.253 e. The Kier molecular flexibility index (Phi) is 7.30. The standard InChI is InChI=1S/C34H35Cl2N3O6/c1-37-31(43)33(35)17-23-21(28(34(33,36)32(37)44)27-24(40)9-6-10-25(27)45-2)11-12-22-26(23)30(42)39(29(22)41)20-13-15-38(16-14-20)18-19-7-4-3-5-8-19/h3-11,20,22-23,26,28,40H,12-18H2,1-2H3/t22-,23+,26-,28+,33+,34-/m0/s1. The third-order valence-electron chi connectivity index (χ3n) is 10.8. The van der Waals surface area contributed by atoms with Crippen LogP contribution in [0.1, 0.15) is 42.7 Å². The Morgan fingerprint density at radius 2 is 1.64 bits per heavy atom. The summed E-state index contributed by atoms with van der Waals surface area (Å²) in [5.41, 5.74) is 2.07. The molecule has 4 fully saturated rings. The lowest BCUT2D eigenvalue weighted by atomic mass is 9.56. The smallest absolute Gasteiger partial charge is 0.253 e. The molecule has 4 amide bonds. The molecule has 0 spiro atoms. The van der Waals surface area contributed by atoms with E-state index in [1.165, 1.54) is 30.7 Å². The number of allylic oxidation sites excluding steroid dienone is 2. The number of methoxy groups -OCH3 is 1. The van der Waals surface area contributed by atoms with Crippen molar-refractivity contribution in [2.24, 2.45) is 17.8 Å². The molecule has 0 aromatic heterocycles. The summed E-state index contributed by atoms with van der Waals surface area (Å²) in [5, 5.41) is 11.2. The minimum Gasteiger partial charge on any atom is -0.508 e. The number of carbonyl (C=O) groups excluding carboxylic acids is 4. The number of hydrogen-bond acceptors (Lipinski definition) is 7. The highest BCUT2D eigenvalue weighted by Crippen LogP contribution is 2.66. The molecule has 2 aromatic carbocycles. The number of halogens is 2. The van der Waals surface area contributed by atoms with Gasteiger partial charge in [0.1, 0.15) is 11.5 Å². The van der Waals surface area contributed by atoms with E-state index in [9.17, 15) is 24.3 Å². The van der Waals surface area contributed by atoms with Crippen molar-refractivity contribution in [3.8, 4) is 11.5 Å². The number of phenols is 1. The molecule has 11 heteroatoms. The van der Waals surface area contributed by atoms with Crippen LogP contribution in [-0.4, -0.2) is 86.5 Å². The van der Waals surface area contributed by atoms with Crippen molar-refractivity contribution < 1.29 is 29.0 Å². The number of amides is 4. The van der Waals surface area contributed by atoms with Gasteiger partial charge < -0.3 is 9.84 Å². The molecule has 5 aliphatic rings. The van der Waals surface area contributed by atoms with E-state index in [2.05, 4.69) is 17.0 Å². The van der Waals surface area contributed by atoms with E-state index in [1.807, 2.05) is 24.3 Å². The van der Waals surface area contributed by atoms with E-state index >= 15 is 0 Å². The molecule has 3 aliphatic heterocycles. The van der Waals surface area contributed by atoms with Crippen LogP contribution in [0.5, 0.6) is 11.5 Å². The number of phenolic OH excluding ortho intramolecular Hbond substituents is 1. The highest BCUT2D eigenvalue weighted by molar-refractivity contribution is 6.53. The molecule has 0 bridgehead atoms. The summed E-state index contributed by atoms with van der Waals surface area (Å²) in [6.45, 7) is 2.33. The number of rotatable bonds is 5. The number of benzene rings is 2. The van der Waals surface area contributed by atoms with Gasteiger partial charge in [0.05, 0.1) is 18.9 Å². The van der Waals surface area contributed by atoms with Crippen molar-refractivity contribution in [1.29, 1.82) is 0 Å². The topological polar surface area (TPSA) is 107 Å². The van der Waals surface area contributed by atoms with Crippen molar-refractivity contribution in [3.63, 3.8) is 0 Å². The van der Waals surface area contributed by atoms with Gasteiger partial charge in [-0.1, -0.05) is 48.0 Å². The van der Waals surface area contributed by atoms with Crippen molar-refractivity contribution in [3.05, 3.63) is 71.3 Å². The second-order valence-electron chi connectivity index (χ2n) is 12.9. The van der Waals surface area contributed by atoms with Gasteiger partial charge in [-0.2, -0.15) is 0 Å². The third-order valence-corrected chi connectivity index (χ3v) is 12.2. The van der Waals surface area contributed by atoms with Crippen LogP contribution in [0.3, 0.4) is 0 Å². The summed E-state index contributed by atoms with van der Waals surface area (Å²) < 4.78 is 5.61. The van der Waals surface area contributed by atoms with E-state index < -0.39 is 45.2 Å². The minimum atomic E-state index is -1.99. The molecular formula is C34H35Cl2N3O6. The Labute approximate surface area is 271 Å². The number of likely N-dealkylation sites (tertiary alicyclic amines) is 3. The van der Waals surface area contributed by atoms with Gasteiger partial charge in [0.25, 0.3) is 11.8 Å². The summed E-state index contributed by atoms with van der Waals surface area (Å²) in [6.07, 6.45) is 3.41. The molecule has 45 heavy (non-hydrogen) atoms. The fourth-order valence-corrected chi connectivity index (χ4v) is 9.63. The van der Waals surface area contributed by atoms with Crippen LogP contribution in [0.2, 0.25) is 0 Å². The first kappa shape index (κ1) is 30.3. The van der Waals surface area contributed by atoms with Crippen LogP contribution in [0.15, 0.2) is 60.2 Å². The van der Waals surface area contributed by atoms with Crippen LogP contribution < -0.4 is 4.74 Å². The highest BCUT2D eigenvalue weighted by Gasteiger charge is 2.76. The average molecular weight is 653 g/mol. The SMILES string of the molecule is COc1cccc(O)c1[C@H]1C2=CC[C@@H]3C(=O)N(C4CCN(Cc5ccccc5)CC4)C(=O)[C@@H]3[C@@H]2C[C@@]2(Cl)C(=O)N(C)C(=O)[C@@]12Cl. The second kappa shape index (κ2) is 10.9. The number of hydrogen-bond donors (Lipinski definition) is 1. The molecule has 1 N–H and O–H groups in total. The van der Waals surface area contributed by atoms with E-state index in [-0.39, 0.29) is 47.8 Å². The molecule has 2 aromatic rings. The van der Waals surface area contributed by atoms with E-state index in [0.29, 0.717) is 18.4 Å². The van der Waals surface area contributed by atoms with Crippen LogP contribution in [-0.2, 0) is 25.7 Å². The van der Waals surface area contributed by atoms with Gasteiger partial charge in [-0.3, -0.25) is 33.9 Å². The molecule has 3 saturated heterocycles. The first-order chi connectivity index (χ1) is 21.5. The zero-order valence-corrected chi connectivity index (χ0v) is 26.6. The van der Waals surface area contributed by atoms with Gasteiger partial charge in [-0.15, -0.1) is 23.2 Å². The largest absolute Gasteiger partial charge is 0.508 e. The molecule has 0 unspecified atom stereocenters. The molecule has 1 saturated carbocycles. The zero-order chi connectivity index (χ0) is 31.8. The summed E-state index contributed by atoms with van der Waals surface area (Å²) in [7, 11) is 2.78. The molecule has 7 rings (SSSR count). The van der Waals surface area contributed by atoms with Crippen molar-refractivity contribution in [2.45, 2.75) is 53.9 Å². The number of alkyl halides is 2. The maximum atomic E-state index is 14.3. The first-order valence-corrected chi connectivity index (χ1v) is 16.2. The number of nitrogens with zero attached hydrogens (tertiary/aromatic N) is 3. The molecule has 236 valence electrons.